The summed E-state index contributed by atoms with van der Waals surface area (Å²) < 4.78 is 40.2. The SMILES string of the molecule is C[Si](C)(C)c1c(F)c(Cl)c(F)c(Cl)c1F. The Morgan fingerprint density at radius 2 is 1.13 bits per heavy atom. The number of benzene rings is 1. The van der Waals surface area contributed by atoms with Gasteiger partial charge in [0.15, 0.2) is 5.82 Å². The highest BCUT2D eigenvalue weighted by atomic mass is 35.5. The molecule has 0 bridgehead atoms. The Morgan fingerprint density at radius 1 is 0.800 bits per heavy atom. The predicted molar refractivity (Wildman–Crippen MR) is 59.3 cm³/mol. The minimum Gasteiger partial charge on any atom is -0.205 e. The van der Waals surface area contributed by atoms with Gasteiger partial charge < -0.3 is 0 Å². The second-order valence-corrected chi connectivity index (χ2v) is 9.95. The van der Waals surface area contributed by atoms with E-state index in [9.17, 15) is 13.2 Å². The van der Waals surface area contributed by atoms with Crippen LogP contribution >= 0.6 is 23.2 Å². The van der Waals surface area contributed by atoms with Crippen LogP contribution in [-0.2, 0) is 0 Å². The summed E-state index contributed by atoms with van der Waals surface area (Å²) >= 11 is 10.8. The maximum absolute atomic E-state index is 13.6. The quantitative estimate of drug-likeness (QED) is 0.413. The van der Waals surface area contributed by atoms with Crippen LogP contribution in [0.3, 0.4) is 0 Å². The molecule has 0 atom stereocenters. The first-order valence-corrected chi connectivity index (χ1v) is 8.45. The summed E-state index contributed by atoms with van der Waals surface area (Å²) in [6.45, 7) is 5.16. The van der Waals surface area contributed by atoms with Crippen LogP contribution < -0.4 is 5.19 Å². The zero-order chi connectivity index (χ0) is 12.0. The Labute approximate surface area is 97.0 Å². The van der Waals surface area contributed by atoms with Crippen molar-refractivity contribution in [3.8, 4) is 0 Å². The Kier molecular flexibility index (Phi) is 3.43. The Balaban J connectivity index is 3.68. The maximum atomic E-state index is 13.6. The summed E-state index contributed by atoms with van der Waals surface area (Å²) in [7, 11) is -2.29. The van der Waals surface area contributed by atoms with Crippen molar-refractivity contribution in [2.45, 2.75) is 19.6 Å². The summed E-state index contributed by atoms with van der Waals surface area (Å²) in [6.07, 6.45) is 0. The third kappa shape index (κ3) is 2.17. The van der Waals surface area contributed by atoms with E-state index in [-0.39, 0.29) is 5.19 Å². The van der Waals surface area contributed by atoms with Gasteiger partial charge in [0.2, 0.25) is 0 Å². The Morgan fingerprint density at radius 3 is 1.40 bits per heavy atom. The maximum Gasteiger partial charge on any atom is 0.166 e. The van der Waals surface area contributed by atoms with E-state index in [1.165, 1.54) is 0 Å². The van der Waals surface area contributed by atoms with Gasteiger partial charge in [0.25, 0.3) is 0 Å². The van der Waals surface area contributed by atoms with Crippen molar-refractivity contribution in [1.29, 1.82) is 0 Å². The van der Waals surface area contributed by atoms with Gasteiger partial charge in [-0.1, -0.05) is 42.8 Å². The van der Waals surface area contributed by atoms with Gasteiger partial charge in [-0.3, -0.25) is 0 Å². The lowest BCUT2D eigenvalue weighted by molar-refractivity contribution is 0.553. The van der Waals surface area contributed by atoms with Crippen molar-refractivity contribution >= 4 is 36.5 Å². The summed E-state index contributed by atoms with van der Waals surface area (Å²) in [6, 6.07) is 0. The molecule has 0 saturated heterocycles. The van der Waals surface area contributed by atoms with Gasteiger partial charge in [-0.2, -0.15) is 0 Å². The van der Waals surface area contributed by atoms with Crippen molar-refractivity contribution in [3.63, 3.8) is 0 Å². The smallest absolute Gasteiger partial charge is 0.166 e. The zero-order valence-electron chi connectivity index (χ0n) is 8.39. The van der Waals surface area contributed by atoms with Crippen LogP contribution in [0.25, 0.3) is 0 Å². The number of halogens is 5. The van der Waals surface area contributed by atoms with Crippen LogP contribution in [0.5, 0.6) is 0 Å². The van der Waals surface area contributed by atoms with Crippen molar-refractivity contribution in [2.75, 3.05) is 0 Å². The standard InChI is InChI=1S/C9H9Cl2F3Si/c1-15(2,3)9-7(13)4(10)6(12)5(11)8(9)14/h1-3H3. The van der Waals surface area contributed by atoms with Gasteiger partial charge in [-0.15, -0.1) is 0 Å². The lowest BCUT2D eigenvalue weighted by Gasteiger charge is -2.20. The van der Waals surface area contributed by atoms with Gasteiger partial charge in [0.1, 0.15) is 21.7 Å². The molecule has 0 fully saturated rings. The first kappa shape index (κ1) is 12.9. The second-order valence-electron chi connectivity index (χ2n) is 4.19. The fraction of sp³-hybridized carbons (Fsp3) is 0.333. The molecule has 15 heavy (non-hydrogen) atoms. The average molecular weight is 273 g/mol. The molecule has 6 heteroatoms. The fourth-order valence-corrected chi connectivity index (χ4v) is 3.42. The highest BCUT2D eigenvalue weighted by Crippen LogP contribution is 2.28. The molecule has 0 spiro atoms. The molecule has 0 aliphatic heterocycles. The number of hydrogen-bond donors (Lipinski definition) is 0. The van der Waals surface area contributed by atoms with E-state index in [1.807, 2.05) is 0 Å². The van der Waals surface area contributed by atoms with E-state index < -0.39 is 35.6 Å². The van der Waals surface area contributed by atoms with Crippen LogP contribution in [0, 0.1) is 17.5 Å². The molecule has 0 aromatic heterocycles. The Bertz CT molecular complexity index is 384. The molecule has 0 aliphatic rings. The summed E-state index contributed by atoms with van der Waals surface area (Å²) in [5, 5.41) is -1.64. The third-order valence-electron chi connectivity index (χ3n) is 1.96. The lowest BCUT2D eigenvalue weighted by Crippen LogP contribution is -2.43. The molecule has 0 saturated carbocycles. The van der Waals surface area contributed by atoms with Gasteiger partial charge >= 0.3 is 0 Å². The fourth-order valence-electron chi connectivity index (χ4n) is 1.26. The molecular formula is C9H9Cl2F3Si. The Hall–Kier alpha value is -0.193. The summed E-state index contributed by atoms with van der Waals surface area (Å²) in [4.78, 5) is 0. The van der Waals surface area contributed by atoms with Crippen LogP contribution in [0.2, 0.25) is 29.7 Å². The monoisotopic (exact) mass is 272 g/mol. The van der Waals surface area contributed by atoms with Gasteiger partial charge in [0.05, 0.1) is 8.07 Å². The summed E-state index contributed by atoms with van der Waals surface area (Å²) in [5.74, 6) is -3.30. The van der Waals surface area contributed by atoms with Crippen molar-refractivity contribution in [2.24, 2.45) is 0 Å². The van der Waals surface area contributed by atoms with Gasteiger partial charge in [-0.05, 0) is 0 Å². The molecule has 84 valence electrons. The largest absolute Gasteiger partial charge is 0.205 e. The van der Waals surface area contributed by atoms with Crippen molar-refractivity contribution in [3.05, 3.63) is 27.5 Å². The van der Waals surface area contributed by atoms with Crippen LogP contribution in [0.15, 0.2) is 0 Å². The van der Waals surface area contributed by atoms with E-state index in [2.05, 4.69) is 0 Å². The van der Waals surface area contributed by atoms with Gasteiger partial charge in [0, 0.05) is 5.19 Å². The first-order valence-electron chi connectivity index (χ1n) is 4.19. The number of hydrogen-bond acceptors (Lipinski definition) is 0. The average Bonchev–Trinajstić information content (AvgIpc) is 2.09. The molecule has 0 unspecified atom stereocenters. The molecule has 0 amide bonds. The number of rotatable bonds is 1. The molecule has 0 nitrogen and oxygen atoms in total. The van der Waals surface area contributed by atoms with Crippen LogP contribution in [-0.4, -0.2) is 8.07 Å². The van der Waals surface area contributed by atoms with Crippen LogP contribution in [0.1, 0.15) is 0 Å². The third-order valence-corrected chi connectivity index (χ3v) is 4.56. The molecule has 0 aliphatic carbocycles. The van der Waals surface area contributed by atoms with Crippen molar-refractivity contribution in [1.82, 2.24) is 0 Å². The molecule has 1 aromatic rings. The predicted octanol–water partition coefficient (Wildman–Crippen LogP) is 3.96. The molecule has 1 aromatic carbocycles. The lowest BCUT2D eigenvalue weighted by atomic mass is 10.3. The minimum atomic E-state index is -2.29. The minimum absolute atomic E-state index is 0.168. The molecule has 1 rings (SSSR count). The zero-order valence-corrected chi connectivity index (χ0v) is 10.9. The summed E-state index contributed by atoms with van der Waals surface area (Å²) in [5.41, 5.74) is 0. The molecule has 0 heterocycles. The normalized spacial score (nSPS) is 12.0. The van der Waals surface area contributed by atoms with Crippen molar-refractivity contribution < 1.29 is 13.2 Å². The molecule has 0 N–H and O–H groups in total. The second kappa shape index (κ2) is 4.00. The topological polar surface area (TPSA) is 0 Å². The molecular weight excluding hydrogens is 264 g/mol. The van der Waals surface area contributed by atoms with E-state index >= 15 is 0 Å². The molecule has 0 radical (unpaired) electrons. The highest BCUT2D eigenvalue weighted by molar-refractivity contribution is 6.89. The van der Waals surface area contributed by atoms with Gasteiger partial charge in [-0.25, -0.2) is 13.2 Å². The highest BCUT2D eigenvalue weighted by Gasteiger charge is 2.31. The van der Waals surface area contributed by atoms with E-state index in [1.54, 1.807) is 19.6 Å². The van der Waals surface area contributed by atoms with E-state index in [0.717, 1.165) is 0 Å². The van der Waals surface area contributed by atoms with Crippen LogP contribution in [0.4, 0.5) is 13.2 Å². The van der Waals surface area contributed by atoms with E-state index in [4.69, 9.17) is 23.2 Å². The first-order chi connectivity index (χ1) is 6.68. The van der Waals surface area contributed by atoms with E-state index in [0.29, 0.717) is 0 Å².